The molecular formula is C20H26. The Morgan fingerprint density at radius 2 is 1.15 bits per heavy atom. The van der Waals surface area contributed by atoms with Crippen LogP contribution in [0.25, 0.3) is 11.1 Å². The van der Waals surface area contributed by atoms with Gasteiger partial charge in [-0.05, 0) is 72.1 Å². The van der Waals surface area contributed by atoms with E-state index in [1.807, 2.05) is 0 Å². The van der Waals surface area contributed by atoms with E-state index in [0.717, 1.165) is 0 Å². The molecule has 0 aliphatic rings. The highest BCUT2D eigenvalue weighted by Crippen LogP contribution is 2.34. The molecule has 2 aromatic carbocycles. The Balaban J connectivity index is 2.68. The zero-order valence-corrected chi connectivity index (χ0v) is 13.9. The van der Waals surface area contributed by atoms with Gasteiger partial charge >= 0.3 is 0 Å². The molecule has 2 aromatic rings. The second kappa shape index (κ2) is 5.09. The molecule has 2 rings (SSSR count). The van der Waals surface area contributed by atoms with Crippen LogP contribution in [-0.4, -0.2) is 0 Å². The maximum absolute atomic E-state index is 2.35. The lowest BCUT2D eigenvalue weighted by Crippen LogP contribution is -2.15. The summed E-state index contributed by atoms with van der Waals surface area (Å²) in [5, 5.41) is 0. The monoisotopic (exact) mass is 266 g/mol. The first-order valence-electron chi connectivity index (χ1n) is 7.40. The van der Waals surface area contributed by atoms with Gasteiger partial charge in [0.2, 0.25) is 0 Å². The van der Waals surface area contributed by atoms with Gasteiger partial charge in [0.15, 0.2) is 0 Å². The van der Waals surface area contributed by atoms with Crippen molar-refractivity contribution in [2.45, 2.75) is 53.9 Å². The van der Waals surface area contributed by atoms with Gasteiger partial charge < -0.3 is 0 Å². The van der Waals surface area contributed by atoms with Crippen LogP contribution < -0.4 is 0 Å². The van der Waals surface area contributed by atoms with Crippen LogP contribution in [-0.2, 0) is 5.41 Å². The molecule has 0 unspecified atom stereocenters. The molecule has 0 aliphatic carbocycles. The highest BCUT2D eigenvalue weighted by molar-refractivity contribution is 5.72. The van der Waals surface area contributed by atoms with Crippen LogP contribution in [0.4, 0.5) is 0 Å². The molecule has 0 saturated heterocycles. The molecule has 0 spiro atoms. The van der Waals surface area contributed by atoms with Crippen molar-refractivity contribution in [1.29, 1.82) is 0 Å². The van der Waals surface area contributed by atoms with Gasteiger partial charge in [-0.3, -0.25) is 0 Å². The molecule has 0 nitrogen and oxygen atoms in total. The van der Waals surface area contributed by atoms with E-state index in [4.69, 9.17) is 0 Å². The molecule has 0 heteroatoms. The Kier molecular flexibility index (Phi) is 3.77. The third-order valence-corrected chi connectivity index (χ3v) is 4.05. The van der Waals surface area contributed by atoms with E-state index in [1.165, 1.54) is 38.9 Å². The van der Waals surface area contributed by atoms with E-state index in [9.17, 15) is 0 Å². The Morgan fingerprint density at radius 1 is 0.700 bits per heavy atom. The van der Waals surface area contributed by atoms with Crippen LogP contribution in [0.1, 0.15) is 48.6 Å². The van der Waals surface area contributed by atoms with Crippen LogP contribution in [0.15, 0.2) is 30.3 Å². The normalized spacial score (nSPS) is 11.8. The summed E-state index contributed by atoms with van der Waals surface area (Å²) in [6.07, 6.45) is 0. The molecule has 0 bridgehead atoms. The average molecular weight is 266 g/mol. The zero-order valence-electron chi connectivity index (χ0n) is 13.9. The van der Waals surface area contributed by atoms with Crippen LogP contribution in [0.3, 0.4) is 0 Å². The second-order valence-corrected chi connectivity index (χ2v) is 7.00. The number of hydrogen-bond donors (Lipinski definition) is 0. The summed E-state index contributed by atoms with van der Waals surface area (Å²) in [5.41, 5.74) is 9.92. The molecule has 106 valence electrons. The van der Waals surface area contributed by atoms with Crippen molar-refractivity contribution in [3.05, 3.63) is 58.1 Å². The van der Waals surface area contributed by atoms with E-state index in [-0.39, 0.29) is 5.41 Å². The molecular weight excluding hydrogens is 240 g/mol. The fourth-order valence-electron chi connectivity index (χ4n) is 3.56. The van der Waals surface area contributed by atoms with E-state index in [1.54, 1.807) is 0 Å². The zero-order chi connectivity index (χ0) is 15.1. The smallest absolute Gasteiger partial charge is 0.0125 e. The maximum Gasteiger partial charge on any atom is -0.0125 e. The number of hydrogen-bond acceptors (Lipinski definition) is 0. The van der Waals surface area contributed by atoms with Gasteiger partial charge in [0, 0.05) is 0 Å². The summed E-state index contributed by atoms with van der Waals surface area (Å²) in [7, 11) is 0. The topological polar surface area (TPSA) is 0 Å². The van der Waals surface area contributed by atoms with Crippen molar-refractivity contribution < 1.29 is 0 Å². The second-order valence-electron chi connectivity index (χ2n) is 7.00. The van der Waals surface area contributed by atoms with Gasteiger partial charge in [0.25, 0.3) is 0 Å². The van der Waals surface area contributed by atoms with Gasteiger partial charge in [0.1, 0.15) is 0 Å². The lowest BCUT2D eigenvalue weighted by Gasteiger charge is -2.25. The average Bonchev–Trinajstić information content (AvgIpc) is 2.25. The lowest BCUT2D eigenvalue weighted by atomic mass is 9.79. The van der Waals surface area contributed by atoms with Crippen molar-refractivity contribution in [2.24, 2.45) is 0 Å². The Morgan fingerprint density at radius 3 is 1.55 bits per heavy atom. The fourth-order valence-corrected chi connectivity index (χ4v) is 3.56. The van der Waals surface area contributed by atoms with E-state index in [2.05, 4.69) is 78.8 Å². The molecule has 20 heavy (non-hydrogen) atoms. The molecule has 0 atom stereocenters. The summed E-state index contributed by atoms with van der Waals surface area (Å²) < 4.78 is 0. The van der Waals surface area contributed by atoms with E-state index < -0.39 is 0 Å². The lowest BCUT2D eigenvalue weighted by molar-refractivity contribution is 0.582. The predicted octanol–water partition coefficient (Wildman–Crippen LogP) is 5.88. The Labute approximate surface area is 123 Å². The highest BCUT2D eigenvalue weighted by Gasteiger charge is 2.20. The van der Waals surface area contributed by atoms with Crippen molar-refractivity contribution in [3.8, 4) is 11.1 Å². The Hall–Kier alpha value is -1.56. The molecule has 0 aromatic heterocycles. The number of benzene rings is 2. The van der Waals surface area contributed by atoms with Crippen LogP contribution in [0, 0.1) is 27.7 Å². The van der Waals surface area contributed by atoms with Gasteiger partial charge in [-0.15, -0.1) is 0 Å². The van der Waals surface area contributed by atoms with Crippen LogP contribution in [0.5, 0.6) is 0 Å². The van der Waals surface area contributed by atoms with E-state index in [0.29, 0.717) is 0 Å². The van der Waals surface area contributed by atoms with Crippen molar-refractivity contribution in [3.63, 3.8) is 0 Å². The van der Waals surface area contributed by atoms with Gasteiger partial charge in [-0.2, -0.15) is 0 Å². The highest BCUT2D eigenvalue weighted by atomic mass is 14.2. The third-order valence-electron chi connectivity index (χ3n) is 4.05. The van der Waals surface area contributed by atoms with Crippen molar-refractivity contribution in [2.75, 3.05) is 0 Å². The quantitative estimate of drug-likeness (QED) is 0.604. The van der Waals surface area contributed by atoms with Crippen molar-refractivity contribution >= 4 is 0 Å². The Bertz CT molecular complexity index is 596. The number of aryl methyl sites for hydroxylation is 4. The molecule has 0 N–H and O–H groups in total. The summed E-state index contributed by atoms with van der Waals surface area (Å²) in [6, 6.07) is 11.2. The number of rotatable bonds is 1. The molecule has 0 aliphatic heterocycles. The van der Waals surface area contributed by atoms with E-state index >= 15 is 0 Å². The summed E-state index contributed by atoms with van der Waals surface area (Å²) in [6.45, 7) is 15.8. The first kappa shape index (κ1) is 14.8. The predicted molar refractivity (Wildman–Crippen MR) is 89.5 cm³/mol. The summed E-state index contributed by atoms with van der Waals surface area (Å²) in [4.78, 5) is 0. The molecule has 0 radical (unpaired) electrons. The standard InChI is InChI=1S/C20H26/c1-13-9-8-10-14(2)18(13)17-11-15(3)19(16(4)12-17)20(5,6)7/h8-12H,1-7H3. The molecule has 0 saturated carbocycles. The van der Waals surface area contributed by atoms with Crippen LogP contribution in [0.2, 0.25) is 0 Å². The minimum absolute atomic E-state index is 0.202. The molecule has 0 amide bonds. The third kappa shape index (κ3) is 2.65. The minimum Gasteiger partial charge on any atom is -0.0617 e. The molecule has 0 fully saturated rings. The van der Waals surface area contributed by atoms with Gasteiger partial charge in [-0.1, -0.05) is 51.1 Å². The SMILES string of the molecule is Cc1cccc(C)c1-c1cc(C)c(C(C)(C)C)c(C)c1. The van der Waals surface area contributed by atoms with Gasteiger partial charge in [-0.25, -0.2) is 0 Å². The van der Waals surface area contributed by atoms with Crippen molar-refractivity contribution in [1.82, 2.24) is 0 Å². The van der Waals surface area contributed by atoms with Crippen LogP contribution >= 0.6 is 0 Å². The summed E-state index contributed by atoms with van der Waals surface area (Å²) >= 11 is 0. The molecule has 0 heterocycles. The maximum atomic E-state index is 2.35. The summed E-state index contributed by atoms with van der Waals surface area (Å²) in [5.74, 6) is 0. The minimum atomic E-state index is 0.202. The first-order valence-corrected chi connectivity index (χ1v) is 7.40. The largest absolute Gasteiger partial charge is 0.0617 e. The fraction of sp³-hybridized carbons (Fsp3) is 0.400. The van der Waals surface area contributed by atoms with Gasteiger partial charge in [0.05, 0.1) is 0 Å². The first-order chi connectivity index (χ1) is 9.21.